The van der Waals surface area contributed by atoms with Gasteiger partial charge < -0.3 is 14.3 Å². The summed E-state index contributed by atoms with van der Waals surface area (Å²) in [7, 11) is 0. The molecule has 6 heteroatoms. The first-order valence-corrected chi connectivity index (χ1v) is 11.1. The Morgan fingerprint density at radius 2 is 1.59 bits per heavy atom. The number of hydrogen-bond donors (Lipinski definition) is 0. The monoisotopic (exact) mass is 443 g/mol. The smallest absolute Gasteiger partial charge is 0.125 e. The lowest BCUT2D eigenvalue weighted by Crippen LogP contribution is -2.06. The molecular formula is C23H35Cl2NO3. The molecule has 0 amide bonds. The highest BCUT2D eigenvalue weighted by atomic mass is 35.5. The summed E-state index contributed by atoms with van der Waals surface area (Å²) in [5.74, 6) is 1.80. The van der Waals surface area contributed by atoms with Crippen molar-refractivity contribution in [3.05, 3.63) is 33.8 Å². The van der Waals surface area contributed by atoms with E-state index in [1.165, 1.54) is 0 Å². The lowest BCUT2D eigenvalue weighted by atomic mass is 10.00. The summed E-state index contributed by atoms with van der Waals surface area (Å²) >= 11 is 11.3. The van der Waals surface area contributed by atoms with Crippen molar-refractivity contribution in [3.8, 4) is 11.5 Å². The molecule has 0 saturated carbocycles. The van der Waals surface area contributed by atoms with Crippen molar-refractivity contribution < 1.29 is 14.3 Å². The van der Waals surface area contributed by atoms with E-state index in [2.05, 4.69) is 39.8 Å². The van der Waals surface area contributed by atoms with Crippen molar-refractivity contribution in [1.29, 1.82) is 0 Å². The van der Waals surface area contributed by atoms with Crippen LogP contribution in [0.5, 0.6) is 11.5 Å². The summed E-state index contributed by atoms with van der Waals surface area (Å²) in [6.45, 7) is 12.2. The molecule has 0 fully saturated rings. The van der Waals surface area contributed by atoms with Crippen molar-refractivity contribution in [3.63, 3.8) is 0 Å². The summed E-state index contributed by atoms with van der Waals surface area (Å²) in [5, 5.41) is 4.01. The van der Waals surface area contributed by atoms with Crippen LogP contribution in [0.15, 0.2) is 27.9 Å². The first-order valence-electron chi connectivity index (χ1n) is 10.4. The van der Waals surface area contributed by atoms with Gasteiger partial charge in [-0.1, -0.05) is 63.0 Å². The van der Waals surface area contributed by atoms with Gasteiger partial charge in [0.1, 0.15) is 29.2 Å². The summed E-state index contributed by atoms with van der Waals surface area (Å²) in [6.07, 6.45) is 8.22. The molecule has 1 aromatic carbocycles. The van der Waals surface area contributed by atoms with Crippen LogP contribution in [0.4, 0.5) is 0 Å². The Morgan fingerprint density at radius 3 is 2.14 bits per heavy atom. The average Bonchev–Trinajstić information content (AvgIpc) is 2.65. The fraction of sp³-hybridized carbons (Fsp3) is 0.609. The fourth-order valence-corrected chi connectivity index (χ4v) is 2.71. The topological polar surface area (TPSA) is 40.0 Å². The van der Waals surface area contributed by atoms with E-state index < -0.39 is 0 Å². The molecule has 0 radical (unpaired) electrons. The van der Waals surface area contributed by atoms with Crippen molar-refractivity contribution in [2.45, 2.75) is 66.7 Å². The third kappa shape index (κ3) is 11.4. The molecule has 0 saturated heterocycles. The van der Waals surface area contributed by atoms with Crippen LogP contribution >= 0.6 is 23.2 Å². The zero-order valence-corrected chi connectivity index (χ0v) is 19.9. The molecule has 0 atom stereocenters. The maximum atomic E-state index is 6.14. The molecule has 1 rings (SSSR count). The number of ether oxygens (including phenoxy) is 2. The lowest BCUT2D eigenvalue weighted by molar-refractivity contribution is 0.137. The quantitative estimate of drug-likeness (QED) is 0.185. The summed E-state index contributed by atoms with van der Waals surface area (Å²) in [4.78, 5) is 5.30. The molecule has 0 aliphatic carbocycles. The van der Waals surface area contributed by atoms with Gasteiger partial charge in [0, 0.05) is 11.6 Å². The molecule has 0 bridgehead atoms. The predicted octanol–water partition coefficient (Wildman–Crippen LogP) is 7.11. The number of nitrogens with zero attached hydrogens (tertiary/aromatic N) is 1. The second-order valence-electron chi connectivity index (χ2n) is 7.93. The summed E-state index contributed by atoms with van der Waals surface area (Å²) in [6, 6.07) is 4.07. The lowest BCUT2D eigenvalue weighted by Gasteiger charge is -2.17. The van der Waals surface area contributed by atoms with Crippen LogP contribution in [-0.4, -0.2) is 26.0 Å². The largest absolute Gasteiger partial charge is 0.493 e. The Bertz CT molecular complexity index is 638. The molecular weight excluding hydrogens is 409 g/mol. The third-order valence-corrected chi connectivity index (χ3v) is 4.42. The minimum atomic E-state index is 0.0518. The molecule has 1 aromatic rings. The van der Waals surface area contributed by atoms with Crippen molar-refractivity contribution in [2.75, 3.05) is 19.8 Å². The number of halogens is 2. The highest BCUT2D eigenvalue weighted by Gasteiger charge is 2.11. The SMILES string of the molecule is CCc1cc(OCC=C(Cl)Cl)cc(CC)c1OCCCCCO/N=C/C(C)(C)C. The maximum absolute atomic E-state index is 6.14. The normalized spacial score (nSPS) is 11.6. The van der Waals surface area contributed by atoms with Gasteiger partial charge in [0.05, 0.1) is 6.61 Å². The molecule has 29 heavy (non-hydrogen) atoms. The third-order valence-electron chi connectivity index (χ3n) is 4.11. The van der Waals surface area contributed by atoms with Gasteiger partial charge in [0.2, 0.25) is 0 Å². The van der Waals surface area contributed by atoms with Crippen molar-refractivity contribution in [2.24, 2.45) is 10.6 Å². The van der Waals surface area contributed by atoms with E-state index >= 15 is 0 Å². The fourth-order valence-electron chi connectivity index (χ4n) is 2.59. The van der Waals surface area contributed by atoms with Gasteiger partial charge in [-0.2, -0.15) is 0 Å². The van der Waals surface area contributed by atoms with Gasteiger partial charge in [-0.15, -0.1) is 0 Å². The van der Waals surface area contributed by atoms with Crippen molar-refractivity contribution >= 4 is 29.4 Å². The second kappa shape index (κ2) is 13.8. The number of benzene rings is 1. The van der Waals surface area contributed by atoms with Crippen molar-refractivity contribution in [1.82, 2.24) is 0 Å². The van der Waals surface area contributed by atoms with E-state index in [9.17, 15) is 0 Å². The Kier molecular flexibility index (Phi) is 12.2. The van der Waals surface area contributed by atoms with Crippen LogP contribution in [-0.2, 0) is 17.7 Å². The summed E-state index contributed by atoms with van der Waals surface area (Å²) < 4.78 is 12.1. The second-order valence-corrected chi connectivity index (χ2v) is 8.93. The Hall–Kier alpha value is -1.39. The number of unbranched alkanes of at least 4 members (excludes halogenated alkanes) is 2. The van der Waals surface area contributed by atoms with E-state index in [0.717, 1.165) is 54.7 Å². The number of hydrogen-bond acceptors (Lipinski definition) is 4. The molecule has 0 heterocycles. The Morgan fingerprint density at radius 1 is 0.966 bits per heavy atom. The maximum Gasteiger partial charge on any atom is 0.125 e. The molecule has 0 aromatic heterocycles. The highest BCUT2D eigenvalue weighted by Crippen LogP contribution is 2.31. The van der Waals surface area contributed by atoms with Crippen LogP contribution in [0.2, 0.25) is 0 Å². The standard InChI is InChI=1S/C23H35Cl2NO3/c1-6-18-15-20(27-14-11-21(24)25)16-19(7-2)22(18)28-12-9-8-10-13-29-26-17-23(3,4)5/h11,15-17H,6-10,12-14H2,1-5H3/b26-17+. The van der Waals surface area contributed by atoms with Gasteiger partial charge in [-0.05, 0) is 61.4 Å². The molecule has 0 spiro atoms. The minimum absolute atomic E-state index is 0.0518. The zero-order valence-electron chi connectivity index (χ0n) is 18.4. The number of rotatable bonds is 13. The molecule has 0 aliphatic rings. The zero-order chi connectivity index (χ0) is 21.7. The van der Waals surface area contributed by atoms with Gasteiger partial charge in [-0.25, -0.2) is 0 Å². The van der Waals surface area contributed by atoms with Gasteiger partial charge in [-0.3, -0.25) is 0 Å². The van der Waals surface area contributed by atoms with E-state index in [1.54, 1.807) is 6.08 Å². The Labute approximate surface area is 186 Å². The van der Waals surface area contributed by atoms with Gasteiger partial charge in [0.25, 0.3) is 0 Å². The molecule has 0 aliphatic heterocycles. The van der Waals surface area contributed by atoms with E-state index in [1.807, 2.05) is 18.3 Å². The van der Waals surface area contributed by atoms with Crippen LogP contribution in [0.3, 0.4) is 0 Å². The van der Waals surface area contributed by atoms with Crippen LogP contribution in [0.1, 0.15) is 65.0 Å². The van der Waals surface area contributed by atoms with Gasteiger partial charge in [0.15, 0.2) is 0 Å². The molecule has 0 N–H and O–H groups in total. The van der Waals surface area contributed by atoms with E-state index in [-0.39, 0.29) is 9.91 Å². The van der Waals surface area contributed by atoms with E-state index in [4.69, 9.17) is 37.5 Å². The number of oxime groups is 1. The molecule has 4 nitrogen and oxygen atoms in total. The van der Waals surface area contributed by atoms with Crippen LogP contribution in [0.25, 0.3) is 0 Å². The van der Waals surface area contributed by atoms with Gasteiger partial charge >= 0.3 is 0 Å². The minimum Gasteiger partial charge on any atom is -0.493 e. The van der Waals surface area contributed by atoms with E-state index in [0.29, 0.717) is 19.8 Å². The first-order chi connectivity index (χ1) is 13.8. The highest BCUT2D eigenvalue weighted by molar-refractivity contribution is 6.55. The molecule has 164 valence electrons. The first kappa shape index (κ1) is 25.6. The predicted molar refractivity (Wildman–Crippen MR) is 124 cm³/mol. The van der Waals surface area contributed by atoms with Crippen LogP contribution in [0, 0.1) is 5.41 Å². The Balaban J connectivity index is 2.48. The molecule has 0 unspecified atom stereocenters. The number of aryl methyl sites for hydroxylation is 2. The summed E-state index contributed by atoms with van der Waals surface area (Å²) in [5.41, 5.74) is 2.36. The van der Waals surface area contributed by atoms with Crippen LogP contribution < -0.4 is 9.47 Å². The average molecular weight is 444 g/mol.